The van der Waals surface area contributed by atoms with Gasteiger partial charge in [0.25, 0.3) is 0 Å². The fourth-order valence-electron chi connectivity index (χ4n) is 2.26. The van der Waals surface area contributed by atoms with Crippen molar-refractivity contribution in [2.24, 2.45) is 0 Å². The molecule has 0 aliphatic carbocycles. The van der Waals surface area contributed by atoms with Crippen molar-refractivity contribution in [1.82, 2.24) is 0 Å². The average molecular weight is 343 g/mol. The Morgan fingerprint density at radius 2 is 1.05 bits per heavy atom. The third kappa shape index (κ3) is 3.86. The normalized spacial score (nSPS) is 13.7. The summed E-state index contributed by atoms with van der Waals surface area (Å²) in [5.41, 5.74) is 3.70. The van der Waals surface area contributed by atoms with Crippen LogP contribution in [-0.4, -0.2) is 15.4 Å². The van der Waals surface area contributed by atoms with Crippen LogP contribution in [0, 0.1) is 0 Å². The van der Waals surface area contributed by atoms with E-state index in [1.54, 1.807) is 0 Å². The van der Waals surface area contributed by atoms with Crippen LogP contribution in [0.4, 0.5) is 3.55 Å². The molecule has 0 fully saturated rings. The van der Waals surface area contributed by atoms with Crippen molar-refractivity contribution in [3.05, 3.63) is 28.8 Å². The predicted octanol–water partition coefficient (Wildman–Crippen LogP) is 4.79. The van der Waals surface area contributed by atoms with Gasteiger partial charge in [0, 0.05) is 0 Å². The molecule has 0 aromatic heterocycles. The molecule has 0 spiro atoms. The maximum atomic E-state index is 13.8. The Kier molecular flexibility index (Phi) is 4.84. The summed E-state index contributed by atoms with van der Waals surface area (Å²) in [7, 11) is 0. The Hall–Kier alpha value is -0.331. The van der Waals surface area contributed by atoms with Gasteiger partial charge in [-0.3, -0.25) is 0 Å². The molecule has 0 atom stereocenters. The van der Waals surface area contributed by atoms with Crippen LogP contribution >= 0.6 is 0 Å². The summed E-state index contributed by atoms with van der Waals surface area (Å²) in [6.07, 6.45) is 0. The summed E-state index contributed by atoms with van der Waals surface area (Å²) in [4.78, 5) is 0. The van der Waals surface area contributed by atoms with Crippen molar-refractivity contribution in [3.8, 4) is 0 Å². The molecule has 0 aliphatic rings. The SMILES string of the molecule is CC(C)(C)c1cc(C(C)(C)C)c([Se]F)c(C(C)(C)C)c1. The summed E-state index contributed by atoms with van der Waals surface area (Å²) >= 11 is -0.971. The van der Waals surface area contributed by atoms with Crippen LogP contribution in [0.25, 0.3) is 0 Å². The molecule has 0 radical (unpaired) electrons. The average Bonchev–Trinajstić information content (AvgIpc) is 2.23. The van der Waals surface area contributed by atoms with Crippen LogP contribution in [0.1, 0.15) is 79.0 Å². The molecule has 2 heteroatoms. The molecular weight excluding hydrogens is 314 g/mol. The van der Waals surface area contributed by atoms with Crippen LogP contribution < -0.4 is 4.46 Å². The summed E-state index contributed by atoms with van der Waals surface area (Å²) in [5, 5.41) is 0. The van der Waals surface area contributed by atoms with E-state index in [9.17, 15) is 3.55 Å². The molecule has 0 heterocycles. The zero-order valence-electron chi connectivity index (χ0n) is 14.4. The first-order chi connectivity index (χ1) is 8.78. The van der Waals surface area contributed by atoms with E-state index >= 15 is 0 Å². The van der Waals surface area contributed by atoms with E-state index in [0.29, 0.717) is 0 Å². The van der Waals surface area contributed by atoms with Crippen molar-refractivity contribution in [3.63, 3.8) is 0 Å². The number of hydrogen-bond donors (Lipinski definition) is 0. The van der Waals surface area contributed by atoms with Crippen LogP contribution in [0.5, 0.6) is 0 Å². The first kappa shape index (κ1) is 17.7. The van der Waals surface area contributed by atoms with E-state index in [1.807, 2.05) is 0 Å². The number of halogens is 1. The molecule has 0 bridgehead atoms. The third-order valence-electron chi connectivity index (χ3n) is 3.65. The Bertz CT molecular complexity index is 447. The van der Waals surface area contributed by atoms with Crippen molar-refractivity contribution in [2.45, 2.75) is 78.6 Å². The van der Waals surface area contributed by atoms with Crippen LogP contribution in [0.15, 0.2) is 12.1 Å². The van der Waals surface area contributed by atoms with Crippen molar-refractivity contribution >= 4 is 19.9 Å². The Labute approximate surface area is 131 Å². The first-order valence-electron chi connectivity index (χ1n) is 7.26. The van der Waals surface area contributed by atoms with Gasteiger partial charge < -0.3 is 0 Å². The summed E-state index contributed by atoms with van der Waals surface area (Å²) < 4.78 is 14.7. The molecule has 0 unspecified atom stereocenters. The van der Waals surface area contributed by atoms with E-state index in [0.717, 1.165) is 4.46 Å². The zero-order chi connectivity index (χ0) is 15.9. The van der Waals surface area contributed by atoms with Gasteiger partial charge >= 0.3 is 131 Å². The minimum absolute atomic E-state index is 0.0234. The number of hydrogen-bond acceptors (Lipinski definition) is 0. The summed E-state index contributed by atoms with van der Waals surface area (Å²) in [6, 6.07) is 4.46. The van der Waals surface area contributed by atoms with Crippen molar-refractivity contribution < 1.29 is 3.55 Å². The molecule has 1 aromatic rings. The fourth-order valence-corrected chi connectivity index (χ4v) is 4.14. The molecular formula is C18H29FSe. The fraction of sp³-hybridized carbons (Fsp3) is 0.667. The number of benzene rings is 1. The molecule has 0 saturated heterocycles. The van der Waals surface area contributed by atoms with Gasteiger partial charge in [0.05, 0.1) is 0 Å². The second-order valence-electron chi connectivity index (χ2n) is 8.73. The number of rotatable bonds is 1. The zero-order valence-corrected chi connectivity index (χ0v) is 16.2. The quantitative estimate of drug-likeness (QED) is 0.643. The van der Waals surface area contributed by atoms with Crippen LogP contribution in [0.2, 0.25) is 0 Å². The molecule has 20 heavy (non-hydrogen) atoms. The van der Waals surface area contributed by atoms with E-state index in [-0.39, 0.29) is 16.2 Å². The van der Waals surface area contributed by atoms with Crippen molar-refractivity contribution in [2.75, 3.05) is 0 Å². The molecule has 0 saturated carbocycles. The second kappa shape index (κ2) is 5.46. The van der Waals surface area contributed by atoms with Crippen LogP contribution in [-0.2, 0) is 16.2 Å². The van der Waals surface area contributed by atoms with E-state index in [4.69, 9.17) is 0 Å². The third-order valence-corrected chi connectivity index (χ3v) is 4.89. The Balaban J connectivity index is 3.75. The van der Waals surface area contributed by atoms with Gasteiger partial charge in [-0.1, -0.05) is 0 Å². The van der Waals surface area contributed by atoms with Gasteiger partial charge in [-0.15, -0.1) is 0 Å². The molecule has 0 nitrogen and oxygen atoms in total. The Morgan fingerprint density at radius 1 is 0.700 bits per heavy atom. The van der Waals surface area contributed by atoms with E-state index in [1.165, 1.54) is 16.7 Å². The van der Waals surface area contributed by atoms with Gasteiger partial charge in [-0.2, -0.15) is 0 Å². The first-order valence-corrected chi connectivity index (χ1v) is 8.77. The topological polar surface area (TPSA) is 0 Å². The van der Waals surface area contributed by atoms with Crippen LogP contribution in [0.3, 0.4) is 0 Å². The van der Waals surface area contributed by atoms with Gasteiger partial charge in [0.2, 0.25) is 0 Å². The van der Waals surface area contributed by atoms with E-state index < -0.39 is 15.4 Å². The van der Waals surface area contributed by atoms with Gasteiger partial charge in [0.15, 0.2) is 0 Å². The minimum atomic E-state index is -0.971. The monoisotopic (exact) mass is 344 g/mol. The Morgan fingerprint density at radius 3 is 1.25 bits per heavy atom. The second-order valence-corrected chi connectivity index (χ2v) is 9.91. The maximum absolute atomic E-state index is 13.8. The van der Waals surface area contributed by atoms with Gasteiger partial charge in [-0.05, 0) is 0 Å². The molecule has 1 rings (SSSR count). The van der Waals surface area contributed by atoms with E-state index in [2.05, 4.69) is 74.4 Å². The summed E-state index contributed by atoms with van der Waals surface area (Å²) in [5.74, 6) is 0. The predicted molar refractivity (Wildman–Crippen MR) is 89.0 cm³/mol. The molecule has 1 aromatic carbocycles. The summed E-state index contributed by atoms with van der Waals surface area (Å²) in [6.45, 7) is 19.7. The molecule has 0 N–H and O–H groups in total. The standard InChI is InChI=1S/C18H29FSe/c1-16(2,3)12-10-13(17(4,5)6)15(20-19)14(11-12)18(7,8)9/h10-11H,1-9H3. The molecule has 114 valence electrons. The van der Waals surface area contributed by atoms with Crippen molar-refractivity contribution in [1.29, 1.82) is 0 Å². The van der Waals surface area contributed by atoms with Gasteiger partial charge in [0.1, 0.15) is 0 Å². The molecule has 0 aliphatic heterocycles. The molecule has 0 amide bonds. The van der Waals surface area contributed by atoms with Gasteiger partial charge in [-0.25, -0.2) is 0 Å².